The number of halogens is 10. The minimum atomic E-state index is -6.01. The predicted molar refractivity (Wildman–Crippen MR) is 73.9 cm³/mol. The molecule has 0 saturated carbocycles. The molecule has 0 fully saturated rings. The zero-order valence-corrected chi connectivity index (χ0v) is 15.4. The molecule has 0 spiro atoms. The molecule has 0 saturated heterocycles. The first-order valence-corrected chi connectivity index (χ1v) is 9.69. The van der Waals surface area contributed by atoms with Gasteiger partial charge in [-0.15, -0.1) is 0 Å². The van der Waals surface area contributed by atoms with Crippen LogP contribution in [-0.4, -0.2) is 23.6 Å². The van der Waals surface area contributed by atoms with Crippen molar-refractivity contribution in [2.75, 3.05) is 6.79 Å². The zero-order chi connectivity index (χ0) is 24.0. The summed E-state index contributed by atoms with van der Waals surface area (Å²) in [4.78, 5) is -5.16. The van der Waals surface area contributed by atoms with Gasteiger partial charge in [-0.25, -0.2) is 52.3 Å². The Morgan fingerprint density at radius 2 is 0.613 bits per heavy atom. The van der Waals surface area contributed by atoms with E-state index < -0.39 is 95.0 Å². The Morgan fingerprint density at radius 3 is 0.839 bits per heavy atom. The summed E-state index contributed by atoms with van der Waals surface area (Å²) >= 11 is 0. The minimum absolute atomic E-state index is 2.27. The van der Waals surface area contributed by atoms with Gasteiger partial charge in [-0.2, -0.15) is 16.8 Å². The van der Waals surface area contributed by atoms with Crippen LogP contribution in [0.15, 0.2) is 9.79 Å². The van der Waals surface area contributed by atoms with Crippen molar-refractivity contribution in [3.63, 3.8) is 0 Å². The van der Waals surface area contributed by atoms with E-state index in [2.05, 4.69) is 8.37 Å². The maximum absolute atomic E-state index is 13.5. The quantitative estimate of drug-likeness (QED) is 0.196. The molecule has 18 heteroatoms. The van der Waals surface area contributed by atoms with Gasteiger partial charge in [0, 0.05) is 0 Å². The molecule has 0 radical (unpaired) electrons. The monoisotopic (exact) mass is 508 g/mol. The summed E-state index contributed by atoms with van der Waals surface area (Å²) in [7, 11) is -12.0. The van der Waals surface area contributed by atoms with Gasteiger partial charge in [-0.3, -0.25) is 0 Å². The summed E-state index contributed by atoms with van der Waals surface area (Å²) in [6.07, 6.45) is 0. The van der Waals surface area contributed by atoms with Gasteiger partial charge in [0.25, 0.3) is 0 Å². The third-order valence-electron chi connectivity index (χ3n) is 3.25. The highest BCUT2D eigenvalue weighted by Crippen LogP contribution is 2.30. The molecular weight excluding hydrogens is 506 g/mol. The van der Waals surface area contributed by atoms with Crippen LogP contribution in [0.1, 0.15) is 0 Å². The largest absolute Gasteiger partial charge is 0.305 e. The average Bonchev–Trinajstić information content (AvgIpc) is 2.67. The van der Waals surface area contributed by atoms with Gasteiger partial charge in [0.1, 0.15) is 0 Å². The Hall–Kier alpha value is -2.44. The van der Waals surface area contributed by atoms with E-state index in [0.29, 0.717) is 0 Å². The van der Waals surface area contributed by atoms with Crippen LogP contribution in [0.3, 0.4) is 0 Å². The topological polar surface area (TPSA) is 86.7 Å². The minimum Gasteiger partial charge on any atom is -0.236 e. The van der Waals surface area contributed by atoms with Gasteiger partial charge in [0.15, 0.2) is 63.1 Å². The fraction of sp³-hybridized carbons (Fsp3) is 0.0769. The fourth-order valence-corrected chi connectivity index (χ4v) is 3.76. The lowest BCUT2D eigenvalue weighted by molar-refractivity contribution is 0.130. The molecule has 31 heavy (non-hydrogen) atoms. The van der Waals surface area contributed by atoms with Gasteiger partial charge in [0.2, 0.25) is 11.6 Å². The normalized spacial score (nSPS) is 12.5. The van der Waals surface area contributed by atoms with E-state index in [9.17, 15) is 60.7 Å². The molecule has 0 aromatic heterocycles. The van der Waals surface area contributed by atoms with Crippen LogP contribution in [0.4, 0.5) is 43.9 Å². The maximum Gasteiger partial charge on any atom is 0.305 e. The Balaban J connectivity index is 2.39. The molecule has 0 heterocycles. The SMILES string of the molecule is O=S(=O)(OCOS(=O)(=O)c1c(F)c(F)c(F)c(F)c1F)c1c(F)c(F)c(F)c(F)c1F. The Labute approximate surface area is 164 Å². The second kappa shape index (κ2) is 8.24. The van der Waals surface area contributed by atoms with E-state index in [1.807, 2.05) is 0 Å². The zero-order valence-electron chi connectivity index (χ0n) is 13.8. The molecule has 0 N–H and O–H groups in total. The smallest absolute Gasteiger partial charge is 0.236 e. The lowest BCUT2D eigenvalue weighted by Crippen LogP contribution is -2.20. The van der Waals surface area contributed by atoms with Crippen LogP contribution in [0.2, 0.25) is 0 Å². The number of hydrogen-bond donors (Lipinski definition) is 0. The van der Waals surface area contributed by atoms with Crippen molar-refractivity contribution in [1.29, 1.82) is 0 Å². The Kier molecular flexibility index (Phi) is 6.60. The predicted octanol–water partition coefficient (Wildman–Crippen LogP) is 3.15. The molecule has 0 aliphatic heterocycles. The van der Waals surface area contributed by atoms with Gasteiger partial charge in [-0.05, 0) is 0 Å². The second-order valence-corrected chi connectivity index (χ2v) is 8.16. The molecule has 172 valence electrons. The van der Waals surface area contributed by atoms with E-state index in [1.54, 1.807) is 0 Å². The van der Waals surface area contributed by atoms with Crippen LogP contribution in [0.5, 0.6) is 0 Å². The lowest BCUT2D eigenvalue weighted by Gasteiger charge is -2.11. The van der Waals surface area contributed by atoms with Crippen molar-refractivity contribution in [1.82, 2.24) is 0 Å². The molecule has 6 nitrogen and oxygen atoms in total. The van der Waals surface area contributed by atoms with E-state index in [1.165, 1.54) is 0 Å². The van der Waals surface area contributed by atoms with Gasteiger partial charge in [0.05, 0.1) is 0 Å². The summed E-state index contributed by atoms with van der Waals surface area (Å²) < 4.78 is 186. The molecule has 0 atom stereocenters. The molecule has 2 aromatic carbocycles. The molecule has 0 aliphatic carbocycles. The van der Waals surface area contributed by atoms with Crippen LogP contribution in [-0.2, 0) is 28.6 Å². The van der Waals surface area contributed by atoms with Crippen LogP contribution in [0.25, 0.3) is 0 Å². The van der Waals surface area contributed by atoms with E-state index >= 15 is 0 Å². The standard InChI is InChI=1S/C13H2F10O6S2/c14-2-4(16)8(20)12(9(21)5(2)17)30(24,25)28-1-29-31(26,27)13-10(22)6(18)3(15)7(19)11(13)23/h1H2. The second-order valence-electron chi connectivity index (χ2n) is 5.06. The molecule has 2 rings (SSSR count). The van der Waals surface area contributed by atoms with Crippen LogP contribution in [0, 0.1) is 58.2 Å². The van der Waals surface area contributed by atoms with Crippen molar-refractivity contribution < 1.29 is 69.1 Å². The molecule has 0 amide bonds. The van der Waals surface area contributed by atoms with Crippen molar-refractivity contribution >= 4 is 20.2 Å². The van der Waals surface area contributed by atoms with E-state index in [-0.39, 0.29) is 0 Å². The van der Waals surface area contributed by atoms with E-state index in [4.69, 9.17) is 0 Å². The third kappa shape index (κ3) is 4.19. The van der Waals surface area contributed by atoms with Gasteiger partial charge < -0.3 is 0 Å². The fourth-order valence-electron chi connectivity index (χ4n) is 1.87. The summed E-state index contributed by atoms with van der Waals surface area (Å²) in [6.45, 7) is -2.27. The first kappa shape index (κ1) is 24.8. The summed E-state index contributed by atoms with van der Waals surface area (Å²) in [6, 6.07) is 0. The molecule has 0 bridgehead atoms. The number of hydrogen-bond acceptors (Lipinski definition) is 6. The highest BCUT2D eigenvalue weighted by Gasteiger charge is 2.37. The average molecular weight is 508 g/mol. The van der Waals surface area contributed by atoms with Crippen molar-refractivity contribution in [2.24, 2.45) is 0 Å². The van der Waals surface area contributed by atoms with E-state index in [0.717, 1.165) is 0 Å². The van der Waals surface area contributed by atoms with Crippen LogP contribution >= 0.6 is 0 Å². The first-order valence-electron chi connectivity index (χ1n) is 6.88. The van der Waals surface area contributed by atoms with Crippen LogP contribution < -0.4 is 0 Å². The van der Waals surface area contributed by atoms with Crippen molar-refractivity contribution in [3.05, 3.63) is 58.2 Å². The maximum atomic E-state index is 13.5. The van der Waals surface area contributed by atoms with Gasteiger partial charge in [-0.1, -0.05) is 0 Å². The highest BCUT2D eigenvalue weighted by molar-refractivity contribution is 7.87. The summed E-state index contributed by atoms with van der Waals surface area (Å²) in [5.41, 5.74) is 0. The molecule has 0 aliphatic rings. The summed E-state index contributed by atoms with van der Waals surface area (Å²) in [5.74, 6) is -28.1. The Bertz CT molecular complexity index is 1140. The van der Waals surface area contributed by atoms with Crippen molar-refractivity contribution in [3.8, 4) is 0 Å². The molecule has 2 aromatic rings. The summed E-state index contributed by atoms with van der Waals surface area (Å²) in [5, 5.41) is 0. The highest BCUT2D eigenvalue weighted by atomic mass is 32.2. The molecule has 0 unspecified atom stereocenters. The Morgan fingerprint density at radius 1 is 0.419 bits per heavy atom. The lowest BCUT2D eigenvalue weighted by atomic mass is 10.3. The number of rotatable bonds is 6. The third-order valence-corrected chi connectivity index (χ3v) is 5.78. The van der Waals surface area contributed by atoms with Crippen molar-refractivity contribution in [2.45, 2.75) is 9.79 Å². The number of benzene rings is 2. The first-order chi connectivity index (χ1) is 14.1. The van der Waals surface area contributed by atoms with Gasteiger partial charge >= 0.3 is 20.2 Å². The molecular formula is C13H2F10O6S2.